The van der Waals surface area contributed by atoms with Crippen molar-refractivity contribution in [2.45, 2.75) is 32.4 Å². The molecule has 0 saturated carbocycles. The molecule has 106 valence electrons. The summed E-state index contributed by atoms with van der Waals surface area (Å²) in [6.45, 7) is 5.75. The number of rotatable bonds is 5. The van der Waals surface area contributed by atoms with E-state index in [0.717, 1.165) is 55.4 Å². The standard InChI is InChI=1S/C14H22ClN3O/c1-3-16-8-11-7-14(17-9-13(11)15)18-6-4-5-12(10-18)19-2/h7,9,12,16H,3-6,8,10H2,1-2H3. The van der Waals surface area contributed by atoms with Crippen molar-refractivity contribution in [2.75, 3.05) is 31.6 Å². The number of nitrogens with zero attached hydrogens (tertiary/aromatic N) is 2. The molecule has 19 heavy (non-hydrogen) atoms. The Balaban J connectivity index is 2.10. The highest BCUT2D eigenvalue weighted by molar-refractivity contribution is 6.31. The fraction of sp³-hybridized carbons (Fsp3) is 0.643. The van der Waals surface area contributed by atoms with Gasteiger partial charge in [-0.25, -0.2) is 4.98 Å². The fourth-order valence-electron chi connectivity index (χ4n) is 2.37. The minimum atomic E-state index is 0.309. The lowest BCUT2D eigenvalue weighted by atomic mass is 10.1. The molecule has 2 rings (SSSR count). The summed E-state index contributed by atoms with van der Waals surface area (Å²) < 4.78 is 5.45. The second-order valence-corrected chi connectivity index (χ2v) is 5.27. The number of methoxy groups -OCH3 is 1. The average Bonchev–Trinajstić information content (AvgIpc) is 2.46. The van der Waals surface area contributed by atoms with E-state index >= 15 is 0 Å². The molecule has 4 nitrogen and oxygen atoms in total. The molecule has 1 atom stereocenters. The molecule has 1 N–H and O–H groups in total. The van der Waals surface area contributed by atoms with Crippen molar-refractivity contribution < 1.29 is 4.74 Å². The first-order valence-corrected chi connectivity index (χ1v) is 7.25. The molecule has 0 radical (unpaired) electrons. The normalized spacial score (nSPS) is 19.7. The number of anilines is 1. The van der Waals surface area contributed by atoms with Gasteiger partial charge in [0.2, 0.25) is 0 Å². The molecular weight excluding hydrogens is 262 g/mol. The van der Waals surface area contributed by atoms with E-state index in [-0.39, 0.29) is 0 Å². The summed E-state index contributed by atoms with van der Waals surface area (Å²) in [5.41, 5.74) is 1.10. The van der Waals surface area contributed by atoms with Crippen LogP contribution in [0.4, 0.5) is 5.82 Å². The van der Waals surface area contributed by atoms with Gasteiger partial charge in [-0.3, -0.25) is 0 Å². The van der Waals surface area contributed by atoms with Crippen LogP contribution in [-0.4, -0.2) is 37.8 Å². The first-order valence-electron chi connectivity index (χ1n) is 6.87. The third-order valence-electron chi connectivity index (χ3n) is 3.52. The molecule has 1 saturated heterocycles. The zero-order valence-corrected chi connectivity index (χ0v) is 12.4. The Morgan fingerprint density at radius 2 is 2.42 bits per heavy atom. The quantitative estimate of drug-likeness (QED) is 0.901. The van der Waals surface area contributed by atoms with Gasteiger partial charge in [-0.15, -0.1) is 0 Å². The van der Waals surface area contributed by atoms with Gasteiger partial charge in [0.25, 0.3) is 0 Å². The number of hydrogen-bond donors (Lipinski definition) is 1. The van der Waals surface area contributed by atoms with Crippen LogP contribution in [0.3, 0.4) is 0 Å². The van der Waals surface area contributed by atoms with Gasteiger partial charge in [0.15, 0.2) is 0 Å². The van der Waals surface area contributed by atoms with E-state index in [9.17, 15) is 0 Å². The summed E-state index contributed by atoms with van der Waals surface area (Å²) in [4.78, 5) is 6.73. The molecular formula is C14H22ClN3O. The van der Waals surface area contributed by atoms with Crippen LogP contribution >= 0.6 is 11.6 Å². The van der Waals surface area contributed by atoms with Crippen LogP contribution in [0.1, 0.15) is 25.3 Å². The Labute approximate surface area is 120 Å². The van der Waals surface area contributed by atoms with Crippen LogP contribution < -0.4 is 10.2 Å². The van der Waals surface area contributed by atoms with Gasteiger partial charge < -0.3 is 15.0 Å². The zero-order chi connectivity index (χ0) is 13.7. The highest BCUT2D eigenvalue weighted by Crippen LogP contribution is 2.23. The molecule has 0 bridgehead atoms. The van der Waals surface area contributed by atoms with Crippen molar-refractivity contribution in [1.29, 1.82) is 0 Å². The van der Waals surface area contributed by atoms with Crippen molar-refractivity contribution in [1.82, 2.24) is 10.3 Å². The Kier molecular flexibility index (Phi) is 5.43. The first kappa shape index (κ1) is 14.6. The lowest BCUT2D eigenvalue weighted by Crippen LogP contribution is -2.39. The van der Waals surface area contributed by atoms with Crippen molar-refractivity contribution >= 4 is 17.4 Å². The molecule has 5 heteroatoms. The van der Waals surface area contributed by atoms with E-state index in [1.165, 1.54) is 0 Å². The fourth-order valence-corrected chi connectivity index (χ4v) is 2.54. The van der Waals surface area contributed by atoms with Gasteiger partial charge in [0, 0.05) is 32.9 Å². The van der Waals surface area contributed by atoms with E-state index in [4.69, 9.17) is 16.3 Å². The Bertz CT molecular complexity index is 414. The summed E-state index contributed by atoms with van der Waals surface area (Å²) in [6, 6.07) is 2.09. The van der Waals surface area contributed by atoms with Crippen molar-refractivity contribution in [2.24, 2.45) is 0 Å². The Morgan fingerprint density at radius 3 is 3.16 bits per heavy atom. The predicted molar refractivity (Wildman–Crippen MR) is 78.9 cm³/mol. The average molecular weight is 284 g/mol. The van der Waals surface area contributed by atoms with Gasteiger partial charge in [-0.1, -0.05) is 18.5 Å². The molecule has 1 fully saturated rings. The molecule has 1 aromatic heterocycles. The molecule has 0 aromatic carbocycles. The van der Waals surface area contributed by atoms with Crippen LogP contribution in [0.15, 0.2) is 12.3 Å². The lowest BCUT2D eigenvalue weighted by Gasteiger charge is -2.33. The van der Waals surface area contributed by atoms with Crippen molar-refractivity contribution in [3.8, 4) is 0 Å². The van der Waals surface area contributed by atoms with Crippen LogP contribution in [0.2, 0.25) is 5.02 Å². The first-order chi connectivity index (χ1) is 9.24. The lowest BCUT2D eigenvalue weighted by molar-refractivity contribution is 0.0891. The Morgan fingerprint density at radius 1 is 1.58 bits per heavy atom. The third-order valence-corrected chi connectivity index (χ3v) is 3.86. The summed E-state index contributed by atoms with van der Waals surface area (Å²) in [5.74, 6) is 0.999. The maximum Gasteiger partial charge on any atom is 0.128 e. The van der Waals surface area contributed by atoms with E-state index in [2.05, 4.69) is 28.2 Å². The summed E-state index contributed by atoms with van der Waals surface area (Å²) >= 11 is 6.18. The number of piperidine rings is 1. The van der Waals surface area contributed by atoms with Gasteiger partial charge in [-0.2, -0.15) is 0 Å². The number of aromatic nitrogens is 1. The molecule has 1 unspecified atom stereocenters. The molecule has 0 aliphatic carbocycles. The summed E-state index contributed by atoms with van der Waals surface area (Å²) in [5, 5.41) is 4.03. The highest BCUT2D eigenvalue weighted by Gasteiger charge is 2.20. The maximum atomic E-state index is 6.18. The molecule has 1 aromatic rings. The monoisotopic (exact) mass is 283 g/mol. The minimum Gasteiger partial charge on any atom is -0.380 e. The van der Waals surface area contributed by atoms with E-state index in [1.807, 2.05) is 0 Å². The van der Waals surface area contributed by atoms with E-state index < -0.39 is 0 Å². The van der Waals surface area contributed by atoms with Crippen molar-refractivity contribution in [3.63, 3.8) is 0 Å². The topological polar surface area (TPSA) is 37.4 Å². The van der Waals surface area contributed by atoms with Crippen LogP contribution in [-0.2, 0) is 11.3 Å². The largest absolute Gasteiger partial charge is 0.380 e. The molecule has 1 aliphatic heterocycles. The zero-order valence-electron chi connectivity index (χ0n) is 11.7. The van der Waals surface area contributed by atoms with Crippen LogP contribution in [0, 0.1) is 0 Å². The van der Waals surface area contributed by atoms with Gasteiger partial charge in [-0.05, 0) is 31.0 Å². The van der Waals surface area contributed by atoms with Gasteiger partial charge in [0.1, 0.15) is 5.82 Å². The maximum absolute atomic E-state index is 6.18. The second-order valence-electron chi connectivity index (χ2n) is 4.86. The third kappa shape index (κ3) is 3.81. The number of halogens is 1. The molecule has 2 heterocycles. The minimum absolute atomic E-state index is 0.309. The van der Waals surface area contributed by atoms with E-state index in [1.54, 1.807) is 13.3 Å². The molecule has 0 amide bonds. The summed E-state index contributed by atoms with van der Waals surface area (Å²) in [6.07, 6.45) is 4.33. The summed E-state index contributed by atoms with van der Waals surface area (Å²) in [7, 11) is 1.78. The predicted octanol–water partition coefficient (Wildman–Crippen LogP) is 2.46. The highest BCUT2D eigenvalue weighted by atomic mass is 35.5. The Hall–Kier alpha value is -0.840. The number of nitrogens with one attached hydrogen (secondary N) is 1. The number of ether oxygens (including phenoxy) is 1. The second kappa shape index (κ2) is 7.08. The number of hydrogen-bond acceptors (Lipinski definition) is 4. The SMILES string of the molecule is CCNCc1cc(N2CCCC(OC)C2)ncc1Cl. The molecule has 0 spiro atoms. The van der Waals surface area contributed by atoms with Crippen LogP contribution in [0.25, 0.3) is 0 Å². The molecule has 1 aliphatic rings. The van der Waals surface area contributed by atoms with Gasteiger partial charge in [0.05, 0.1) is 11.1 Å². The van der Waals surface area contributed by atoms with E-state index in [0.29, 0.717) is 6.10 Å². The van der Waals surface area contributed by atoms with Gasteiger partial charge >= 0.3 is 0 Å². The smallest absolute Gasteiger partial charge is 0.128 e. The number of pyridine rings is 1. The van der Waals surface area contributed by atoms with Crippen molar-refractivity contribution in [3.05, 3.63) is 22.8 Å². The van der Waals surface area contributed by atoms with Crippen LogP contribution in [0.5, 0.6) is 0 Å².